The number of carbonyl (C=O) groups is 1. The highest BCUT2D eigenvalue weighted by molar-refractivity contribution is 6.52. The monoisotopic (exact) mass is 548 g/mol. The van der Waals surface area contributed by atoms with Gasteiger partial charge < -0.3 is 14.5 Å². The van der Waals surface area contributed by atoms with E-state index < -0.39 is 4.33 Å². The molecule has 36 heavy (non-hydrogen) atoms. The van der Waals surface area contributed by atoms with E-state index in [9.17, 15) is 4.79 Å². The summed E-state index contributed by atoms with van der Waals surface area (Å²) in [5, 5.41) is 0.644. The number of halogens is 3. The molecule has 7 heteroatoms. The van der Waals surface area contributed by atoms with E-state index in [1.54, 1.807) is 0 Å². The molecule has 2 saturated heterocycles. The number of nitrogens with zero attached hydrogens (tertiary/aromatic N) is 2. The zero-order valence-electron chi connectivity index (χ0n) is 21.3. The van der Waals surface area contributed by atoms with Gasteiger partial charge in [0, 0.05) is 41.1 Å². The van der Waals surface area contributed by atoms with Gasteiger partial charge in [-0.3, -0.25) is 4.79 Å². The van der Waals surface area contributed by atoms with Crippen LogP contribution in [0.15, 0.2) is 42.5 Å². The van der Waals surface area contributed by atoms with E-state index in [0.29, 0.717) is 16.6 Å². The van der Waals surface area contributed by atoms with Gasteiger partial charge in [-0.25, -0.2) is 0 Å². The van der Waals surface area contributed by atoms with Crippen LogP contribution in [-0.4, -0.2) is 58.4 Å². The molecule has 0 radical (unpaired) electrons. The Morgan fingerprint density at radius 2 is 1.64 bits per heavy atom. The summed E-state index contributed by atoms with van der Waals surface area (Å²) in [6.07, 6.45) is 4.13. The van der Waals surface area contributed by atoms with Gasteiger partial charge in [-0.1, -0.05) is 29.8 Å². The Labute approximate surface area is 229 Å². The van der Waals surface area contributed by atoms with Crippen LogP contribution in [0.3, 0.4) is 0 Å². The molecule has 194 valence electrons. The number of benzene rings is 2. The highest BCUT2D eigenvalue weighted by Gasteiger charge is 2.75. The Morgan fingerprint density at radius 3 is 2.25 bits per heavy atom. The van der Waals surface area contributed by atoms with Gasteiger partial charge in [0.25, 0.3) is 5.91 Å². The third-order valence-electron chi connectivity index (χ3n) is 8.54. The summed E-state index contributed by atoms with van der Waals surface area (Å²) in [5.74, 6) is 1.12. The lowest BCUT2D eigenvalue weighted by atomic mass is 9.87. The smallest absolute Gasteiger partial charge is 0.254 e. The van der Waals surface area contributed by atoms with Gasteiger partial charge in [-0.15, -0.1) is 23.2 Å². The number of hydrogen-bond donors (Lipinski definition) is 0. The first kappa shape index (κ1) is 26.2. The van der Waals surface area contributed by atoms with Crippen LogP contribution >= 0.6 is 34.8 Å². The van der Waals surface area contributed by atoms with Gasteiger partial charge in [-0.05, 0) is 94.9 Å². The predicted octanol–water partition coefficient (Wildman–Crippen LogP) is 7.09. The molecule has 3 aliphatic rings. The molecule has 0 aromatic heterocycles. The molecule has 1 amide bonds. The van der Waals surface area contributed by atoms with Crippen molar-refractivity contribution in [1.29, 1.82) is 0 Å². The van der Waals surface area contributed by atoms with E-state index in [1.165, 1.54) is 5.56 Å². The van der Waals surface area contributed by atoms with Crippen LogP contribution in [0.2, 0.25) is 5.02 Å². The largest absolute Gasteiger partial charge is 0.491 e. The van der Waals surface area contributed by atoms with E-state index in [1.807, 2.05) is 56.0 Å². The minimum atomic E-state index is -0.718. The first-order chi connectivity index (χ1) is 17.1. The second-order valence-electron chi connectivity index (χ2n) is 10.9. The lowest BCUT2D eigenvalue weighted by molar-refractivity contribution is 0.0529. The molecule has 1 spiro atoms. The van der Waals surface area contributed by atoms with Crippen LogP contribution in [-0.2, 0) is 0 Å². The van der Waals surface area contributed by atoms with Crippen molar-refractivity contribution < 1.29 is 9.53 Å². The van der Waals surface area contributed by atoms with Crippen molar-refractivity contribution in [3.63, 3.8) is 0 Å². The highest BCUT2D eigenvalue weighted by Crippen LogP contribution is 2.78. The third-order valence-corrected chi connectivity index (χ3v) is 10.1. The Hall–Kier alpha value is -1.46. The minimum absolute atomic E-state index is 0.0617. The van der Waals surface area contributed by atoms with Crippen molar-refractivity contribution in [3.05, 3.63) is 64.2 Å². The molecule has 2 aliphatic heterocycles. The maximum atomic E-state index is 13.1. The third kappa shape index (κ3) is 4.64. The molecule has 1 aliphatic carbocycles. The van der Waals surface area contributed by atoms with Crippen molar-refractivity contribution in [2.24, 2.45) is 5.41 Å². The average molecular weight is 550 g/mol. The molecular formula is C29H35Cl3N2O2. The second kappa shape index (κ2) is 10.0. The number of hydrogen-bond acceptors (Lipinski definition) is 3. The van der Waals surface area contributed by atoms with Crippen LogP contribution in [0.1, 0.15) is 66.9 Å². The van der Waals surface area contributed by atoms with Crippen molar-refractivity contribution >= 4 is 40.7 Å². The SMILES string of the molecule is Cc1c(Cl)cccc1C(=O)N1CCC(N2CCC3(CC2)C(c2ccc(OC(C)C)cc2)C3(Cl)Cl)CC1. The summed E-state index contributed by atoms with van der Waals surface area (Å²) >= 11 is 20.1. The van der Waals surface area contributed by atoms with E-state index in [-0.39, 0.29) is 23.3 Å². The van der Waals surface area contributed by atoms with Gasteiger partial charge in [-0.2, -0.15) is 0 Å². The lowest BCUT2D eigenvalue weighted by Crippen LogP contribution is -2.49. The molecule has 2 aromatic rings. The first-order valence-electron chi connectivity index (χ1n) is 13.1. The van der Waals surface area contributed by atoms with Crippen LogP contribution < -0.4 is 4.74 Å². The van der Waals surface area contributed by atoms with Gasteiger partial charge >= 0.3 is 0 Å². The van der Waals surface area contributed by atoms with E-state index in [2.05, 4.69) is 17.0 Å². The number of likely N-dealkylation sites (tertiary alicyclic amines) is 2. The zero-order chi connectivity index (χ0) is 25.7. The summed E-state index contributed by atoms with van der Waals surface area (Å²) in [4.78, 5) is 17.7. The van der Waals surface area contributed by atoms with Crippen molar-refractivity contribution in [1.82, 2.24) is 9.80 Å². The number of ether oxygens (including phenoxy) is 1. The quantitative estimate of drug-likeness (QED) is 0.373. The van der Waals surface area contributed by atoms with Gasteiger partial charge in [0.2, 0.25) is 0 Å². The minimum Gasteiger partial charge on any atom is -0.491 e. The molecule has 0 N–H and O–H groups in total. The van der Waals surface area contributed by atoms with Crippen molar-refractivity contribution in [3.8, 4) is 5.75 Å². The summed E-state index contributed by atoms with van der Waals surface area (Å²) in [6.45, 7) is 9.53. The van der Waals surface area contributed by atoms with Crippen LogP contribution in [0.5, 0.6) is 5.75 Å². The van der Waals surface area contributed by atoms with Crippen molar-refractivity contribution in [2.45, 2.75) is 68.9 Å². The maximum absolute atomic E-state index is 13.1. The van der Waals surface area contributed by atoms with Crippen molar-refractivity contribution in [2.75, 3.05) is 26.2 Å². The van der Waals surface area contributed by atoms with E-state index >= 15 is 0 Å². The topological polar surface area (TPSA) is 32.8 Å². The number of carbonyl (C=O) groups excluding carboxylic acids is 1. The Morgan fingerprint density at radius 1 is 1.00 bits per heavy atom. The maximum Gasteiger partial charge on any atom is 0.254 e. The molecule has 1 atom stereocenters. The standard InChI is InChI=1S/C29H35Cl3N2O2/c1-19(2)36-23-9-7-21(8-10-23)26-28(29(26,31)32)13-17-33(18-14-28)22-11-15-34(16-12-22)27(35)24-5-4-6-25(30)20(24)3/h4-10,19,22,26H,11-18H2,1-3H3. The van der Waals surface area contributed by atoms with Gasteiger partial charge in [0.05, 0.1) is 6.10 Å². The fourth-order valence-electron chi connectivity index (χ4n) is 6.40. The number of piperidine rings is 2. The number of rotatable bonds is 5. The fraction of sp³-hybridized carbons (Fsp3) is 0.552. The lowest BCUT2D eigenvalue weighted by Gasteiger charge is -2.42. The predicted molar refractivity (Wildman–Crippen MR) is 148 cm³/mol. The average Bonchev–Trinajstić information content (AvgIpc) is 3.33. The Bertz CT molecular complexity index is 1100. The zero-order valence-corrected chi connectivity index (χ0v) is 23.5. The van der Waals surface area contributed by atoms with E-state index in [0.717, 1.165) is 63.2 Å². The van der Waals surface area contributed by atoms with Crippen LogP contribution in [0.25, 0.3) is 0 Å². The molecule has 1 unspecified atom stereocenters. The molecule has 3 fully saturated rings. The Kier molecular flexibility index (Phi) is 7.28. The molecule has 0 bridgehead atoms. The molecule has 1 saturated carbocycles. The van der Waals surface area contributed by atoms with E-state index in [4.69, 9.17) is 39.5 Å². The normalized spacial score (nSPS) is 23.8. The molecular weight excluding hydrogens is 515 g/mol. The molecule has 2 aromatic carbocycles. The Balaban J connectivity index is 1.17. The summed E-state index contributed by atoms with van der Waals surface area (Å²) < 4.78 is 5.08. The van der Waals surface area contributed by atoms with Crippen LogP contribution in [0, 0.1) is 12.3 Å². The molecule has 5 rings (SSSR count). The first-order valence-corrected chi connectivity index (χ1v) is 14.2. The highest BCUT2D eigenvalue weighted by atomic mass is 35.5. The molecule has 2 heterocycles. The number of alkyl halides is 2. The van der Waals surface area contributed by atoms with Crippen LogP contribution in [0.4, 0.5) is 0 Å². The summed E-state index contributed by atoms with van der Waals surface area (Å²) in [5.41, 5.74) is 2.71. The summed E-state index contributed by atoms with van der Waals surface area (Å²) in [7, 11) is 0. The summed E-state index contributed by atoms with van der Waals surface area (Å²) in [6, 6.07) is 14.4. The fourth-order valence-corrected chi connectivity index (χ4v) is 7.73. The van der Waals surface area contributed by atoms with Gasteiger partial charge in [0.15, 0.2) is 0 Å². The molecule has 4 nitrogen and oxygen atoms in total. The second-order valence-corrected chi connectivity index (χ2v) is 12.7. The van der Waals surface area contributed by atoms with Gasteiger partial charge in [0.1, 0.15) is 10.1 Å². The number of amides is 1.